The number of nitrogens with zero attached hydrogens (tertiary/aromatic N) is 3. The van der Waals surface area contributed by atoms with Crippen LogP contribution in [0.3, 0.4) is 0 Å². The molecule has 6 heteroatoms. The van der Waals surface area contributed by atoms with E-state index in [-0.39, 0.29) is 12.0 Å². The number of carboxylic acids is 1. The number of rotatable bonds is 5. The summed E-state index contributed by atoms with van der Waals surface area (Å²) in [5.74, 6) is -0.733. The van der Waals surface area contributed by atoms with Gasteiger partial charge in [0.05, 0.1) is 12.5 Å². The summed E-state index contributed by atoms with van der Waals surface area (Å²) < 4.78 is 0.594. The second kappa shape index (κ2) is 6.86. The lowest BCUT2D eigenvalue weighted by Crippen LogP contribution is -2.22. The van der Waals surface area contributed by atoms with Crippen LogP contribution in [0.2, 0.25) is 0 Å². The van der Waals surface area contributed by atoms with Crippen LogP contribution in [0, 0.1) is 11.3 Å². The molecule has 0 fully saturated rings. The van der Waals surface area contributed by atoms with Gasteiger partial charge in [0, 0.05) is 22.9 Å². The van der Waals surface area contributed by atoms with E-state index in [4.69, 9.17) is 5.26 Å². The SMILES string of the molecule is N#CCCN(c1ccccc1)c1ncc(Br)cc1C(=O)O. The fraction of sp³-hybridized carbons (Fsp3) is 0.133. The van der Waals surface area contributed by atoms with Crippen molar-refractivity contribution in [2.24, 2.45) is 0 Å². The van der Waals surface area contributed by atoms with Gasteiger partial charge in [-0.05, 0) is 34.1 Å². The van der Waals surface area contributed by atoms with Gasteiger partial charge in [0.25, 0.3) is 0 Å². The normalized spacial score (nSPS) is 9.90. The Bertz CT molecular complexity index is 683. The van der Waals surface area contributed by atoms with E-state index in [0.29, 0.717) is 16.8 Å². The number of pyridine rings is 1. The average molecular weight is 346 g/mol. The van der Waals surface area contributed by atoms with Gasteiger partial charge < -0.3 is 10.0 Å². The van der Waals surface area contributed by atoms with Crippen LogP contribution in [0.15, 0.2) is 47.1 Å². The minimum absolute atomic E-state index is 0.0890. The van der Waals surface area contributed by atoms with Gasteiger partial charge in [-0.25, -0.2) is 9.78 Å². The fourth-order valence-corrected chi connectivity index (χ4v) is 2.26. The molecule has 0 amide bonds. The second-order valence-corrected chi connectivity index (χ2v) is 5.14. The molecule has 0 aliphatic carbocycles. The molecule has 0 saturated carbocycles. The van der Waals surface area contributed by atoms with Crippen LogP contribution in [-0.2, 0) is 0 Å². The molecule has 1 aromatic carbocycles. The quantitative estimate of drug-likeness (QED) is 0.895. The molecule has 0 radical (unpaired) electrons. The minimum atomic E-state index is -1.06. The van der Waals surface area contributed by atoms with Gasteiger partial charge in [0.15, 0.2) is 0 Å². The fourth-order valence-electron chi connectivity index (χ4n) is 1.93. The predicted octanol–water partition coefficient (Wildman–Crippen LogP) is 3.59. The van der Waals surface area contributed by atoms with Crippen LogP contribution < -0.4 is 4.90 Å². The number of para-hydroxylation sites is 1. The number of aromatic carboxylic acids is 1. The zero-order chi connectivity index (χ0) is 15.2. The smallest absolute Gasteiger partial charge is 0.339 e. The maximum atomic E-state index is 11.4. The molecule has 5 nitrogen and oxygen atoms in total. The van der Waals surface area contributed by atoms with Crippen molar-refractivity contribution in [1.29, 1.82) is 5.26 Å². The summed E-state index contributed by atoms with van der Waals surface area (Å²) in [5.41, 5.74) is 0.885. The molecule has 0 spiro atoms. The summed E-state index contributed by atoms with van der Waals surface area (Å²) in [7, 11) is 0. The number of halogens is 1. The van der Waals surface area contributed by atoms with Crippen molar-refractivity contribution >= 4 is 33.4 Å². The Labute approximate surface area is 130 Å². The number of carboxylic acid groups (broad SMARTS) is 1. The lowest BCUT2D eigenvalue weighted by Gasteiger charge is -2.24. The first-order chi connectivity index (χ1) is 10.1. The molecule has 0 atom stereocenters. The van der Waals surface area contributed by atoms with Gasteiger partial charge in [0.1, 0.15) is 11.4 Å². The van der Waals surface area contributed by atoms with Crippen LogP contribution in [0.5, 0.6) is 0 Å². The zero-order valence-electron chi connectivity index (χ0n) is 11.0. The van der Waals surface area contributed by atoms with Gasteiger partial charge in [-0.1, -0.05) is 18.2 Å². The van der Waals surface area contributed by atoms with Crippen molar-refractivity contribution in [3.63, 3.8) is 0 Å². The number of hydrogen-bond donors (Lipinski definition) is 1. The molecule has 2 rings (SSSR count). The summed E-state index contributed by atoms with van der Waals surface area (Å²) >= 11 is 3.23. The number of nitriles is 1. The highest BCUT2D eigenvalue weighted by Crippen LogP contribution is 2.28. The van der Waals surface area contributed by atoms with E-state index in [2.05, 4.69) is 27.0 Å². The van der Waals surface area contributed by atoms with Crippen LogP contribution in [0.25, 0.3) is 0 Å². The molecule has 0 saturated heterocycles. The molecular formula is C15H12BrN3O2. The number of carbonyl (C=O) groups is 1. The Morgan fingerprint density at radius 3 is 2.71 bits per heavy atom. The summed E-state index contributed by atoms with van der Waals surface area (Å²) in [5, 5.41) is 18.2. The van der Waals surface area contributed by atoms with E-state index in [1.54, 1.807) is 11.1 Å². The summed E-state index contributed by atoms with van der Waals surface area (Å²) in [6.45, 7) is 0.370. The molecule has 0 aliphatic heterocycles. The highest BCUT2D eigenvalue weighted by Gasteiger charge is 2.19. The summed E-state index contributed by atoms with van der Waals surface area (Å²) in [6.07, 6.45) is 1.82. The molecule has 2 aromatic rings. The van der Waals surface area contributed by atoms with E-state index >= 15 is 0 Å². The Morgan fingerprint density at radius 2 is 2.10 bits per heavy atom. The Hall–Kier alpha value is -2.39. The van der Waals surface area contributed by atoms with Crippen LogP contribution >= 0.6 is 15.9 Å². The minimum Gasteiger partial charge on any atom is -0.478 e. The van der Waals surface area contributed by atoms with Gasteiger partial charge in [-0.2, -0.15) is 5.26 Å². The Morgan fingerprint density at radius 1 is 1.38 bits per heavy atom. The lowest BCUT2D eigenvalue weighted by atomic mass is 10.2. The van der Waals surface area contributed by atoms with E-state index in [1.165, 1.54) is 6.07 Å². The Balaban J connectivity index is 2.52. The van der Waals surface area contributed by atoms with Gasteiger partial charge in [-0.15, -0.1) is 0 Å². The largest absolute Gasteiger partial charge is 0.478 e. The Kier molecular flexibility index (Phi) is 4.90. The lowest BCUT2D eigenvalue weighted by molar-refractivity contribution is 0.0697. The van der Waals surface area contributed by atoms with Gasteiger partial charge in [0.2, 0.25) is 0 Å². The van der Waals surface area contributed by atoms with Crippen molar-refractivity contribution < 1.29 is 9.90 Å². The third-order valence-electron chi connectivity index (χ3n) is 2.83. The predicted molar refractivity (Wildman–Crippen MR) is 82.6 cm³/mol. The standard InChI is InChI=1S/C15H12BrN3O2/c16-11-9-13(15(20)21)14(18-10-11)19(8-4-7-17)12-5-2-1-3-6-12/h1-3,5-6,9-10H,4,8H2,(H,20,21). The first-order valence-electron chi connectivity index (χ1n) is 6.22. The van der Waals surface area contributed by atoms with Gasteiger partial charge in [-0.3, -0.25) is 0 Å². The van der Waals surface area contributed by atoms with Crippen molar-refractivity contribution in [2.75, 3.05) is 11.4 Å². The van der Waals surface area contributed by atoms with E-state index < -0.39 is 5.97 Å². The van der Waals surface area contributed by atoms with E-state index in [1.807, 2.05) is 30.3 Å². The third-order valence-corrected chi connectivity index (χ3v) is 3.27. The molecule has 1 heterocycles. The van der Waals surface area contributed by atoms with E-state index in [0.717, 1.165) is 5.69 Å². The molecule has 1 N–H and O–H groups in total. The third kappa shape index (κ3) is 3.58. The van der Waals surface area contributed by atoms with Crippen molar-refractivity contribution in [3.05, 3.63) is 52.6 Å². The van der Waals surface area contributed by atoms with E-state index in [9.17, 15) is 9.90 Å². The molecule has 21 heavy (non-hydrogen) atoms. The summed E-state index contributed by atoms with van der Waals surface area (Å²) in [6, 6.07) is 12.9. The van der Waals surface area contributed by atoms with Crippen LogP contribution in [0.4, 0.5) is 11.5 Å². The molecule has 1 aromatic heterocycles. The van der Waals surface area contributed by atoms with Crippen LogP contribution in [0.1, 0.15) is 16.8 Å². The summed E-state index contributed by atoms with van der Waals surface area (Å²) in [4.78, 5) is 17.4. The van der Waals surface area contributed by atoms with Crippen molar-refractivity contribution in [3.8, 4) is 6.07 Å². The van der Waals surface area contributed by atoms with Gasteiger partial charge >= 0.3 is 5.97 Å². The molecule has 0 aliphatic rings. The maximum absolute atomic E-state index is 11.4. The highest BCUT2D eigenvalue weighted by molar-refractivity contribution is 9.10. The first kappa shape index (κ1) is 15.0. The monoisotopic (exact) mass is 345 g/mol. The molecule has 106 valence electrons. The average Bonchev–Trinajstić information content (AvgIpc) is 2.49. The molecular weight excluding hydrogens is 334 g/mol. The number of hydrogen-bond acceptors (Lipinski definition) is 4. The number of benzene rings is 1. The topological polar surface area (TPSA) is 77.2 Å². The molecule has 0 bridgehead atoms. The second-order valence-electron chi connectivity index (χ2n) is 4.23. The highest BCUT2D eigenvalue weighted by atomic mass is 79.9. The first-order valence-corrected chi connectivity index (χ1v) is 7.01. The number of aromatic nitrogens is 1. The number of anilines is 2. The zero-order valence-corrected chi connectivity index (χ0v) is 12.6. The maximum Gasteiger partial charge on any atom is 0.339 e. The molecule has 0 unspecified atom stereocenters. The van der Waals surface area contributed by atoms with Crippen molar-refractivity contribution in [2.45, 2.75) is 6.42 Å². The van der Waals surface area contributed by atoms with Crippen molar-refractivity contribution in [1.82, 2.24) is 4.98 Å². The van der Waals surface area contributed by atoms with Crippen LogP contribution in [-0.4, -0.2) is 22.6 Å².